The van der Waals surface area contributed by atoms with E-state index in [4.69, 9.17) is 0 Å². The van der Waals surface area contributed by atoms with E-state index in [2.05, 4.69) is 0 Å². The molecule has 0 spiro atoms. The van der Waals surface area contributed by atoms with Crippen LogP contribution in [0.15, 0.2) is 53.4 Å². The molecule has 0 unspecified atom stereocenters. The molecule has 0 fully saturated rings. The standard InChI is InChI=1S/C15H13NO3S/c1-20-14-8-4-12(5-9-14)15(17)10-11-2-6-13(7-3-11)16(18)19/h2-9H,10H2,1H3. The first-order chi connectivity index (χ1) is 9.60. The second-order valence-corrected chi connectivity index (χ2v) is 5.13. The van der Waals surface area contributed by atoms with Gasteiger partial charge in [-0.1, -0.05) is 24.3 Å². The predicted octanol–water partition coefficient (Wildman–Crippen LogP) is 3.74. The van der Waals surface area contributed by atoms with Crippen molar-refractivity contribution in [3.63, 3.8) is 0 Å². The van der Waals surface area contributed by atoms with Gasteiger partial charge in [-0.3, -0.25) is 14.9 Å². The van der Waals surface area contributed by atoms with Crippen LogP contribution in [0.3, 0.4) is 0 Å². The van der Waals surface area contributed by atoms with Gasteiger partial charge in [-0.25, -0.2) is 0 Å². The van der Waals surface area contributed by atoms with Gasteiger partial charge in [0.15, 0.2) is 5.78 Å². The number of nitrogens with zero attached hydrogens (tertiary/aromatic N) is 1. The highest BCUT2D eigenvalue weighted by molar-refractivity contribution is 7.98. The topological polar surface area (TPSA) is 60.2 Å². The molecule has 0 aliphatic rings. The number of hydrogen-bond acceptors (Lipinski definition) is 4. The molecule has 0 radical (unpaired) electrons. The van der Waals surface area contributed by atoms with Crippen LogP contribution in [0.2, 0.25) is 0 Å². The second kappa shape index (κ2) is 6.34. The minimum Gasteiger partial charge on any atom is -0.294 e. The zero-order chi connectivity index (χ0) is 14.5. The summed E-state index contributed by atoms with van der Waals surface area (Å²) in [7, 11) is 0. The molecule has 0 aliphatic heterocycles. The van der Waals surface area contributed by atoms with Crippen LogP contribution < -0.4 is 0 Å². The Kier molecular flexibility index (Phi) is 4.53. The molecular formula is C15H13NO3S. The summed E-state index contributed by atoms with van der Waals surface area (Å²) in [6.45, 7) is 0. The van der Waals surface area contributed by atoms with Crippen molar-refractivity contribution >= 4 is 23.2 Å². The molecule has 0 heterocycles. The highest BCUT2D eigenvalue weighted by Crippen LogP contribution is 2.17. The summed E-state index contributed by atoms with van der Waals surface area (Å²) < 4.78 is 0. The highest BCUT2D eigenvalue weighted by atomic mass is 32.2. The van der Waals surface area contributed by atoms with Crippen LogP contribution in [-0.4, -0.2) is 17.0 Å². The molecule has 20 heavy (non-hydrogen) atoms. The van der Waals surface area contributed by atoms with Gasteiger partial charge in [-0.15, -0.1) is 11.8 Å². The van der Waals surface area contributed by atoms with Crippen LogP contribution in [0.4, 0.5) is 5.69 Å². The smallest absolute Gasteiger partial charge is 0.269 e. The maximum absolute atomic E-state index is 12.1. The average molecular weight is 287 g/mol. The summed E-state index contributed by atoms with van der Waals surface area (Å²) in [4.78, 5) is 23.3. The van der Waals surface area contributed by atoms with Gasteiger partial charge >= 0.3 is 0 Å². The zero-order valence-electron chi connectivity index (χ0n) is 10.9. The lowest BCUT2D eigenvalue weighted by Crippen LogP contribution is -2.03. The van der Waals surface area contributed by atoms with Crippen molar-refractivity contribution in [1.29, 1.82) is 0 Å². The molecule has 0 saturated carbocycles. The number of rotatable bonds is 5. The number of hydrogen-bond donors (Lipinski definition) is 0. The molecule has 0 bridgehead atoms. The molecule has 5 heteroatoms. The molecule has 0 saturated heterocycles. The summed E-state index contributed by atoms with van der Waals surface area (Å²) in [5, 5.41) is 10.6. The number of ketones is 1. The fraction of sp³-hybridized carbons (Fsp3) is 0.133. The van der Waals surface area contributed by atoms with Gasteiger partial charge in [-0.05, 0) is 24.0 Å². The van der Waals surface area contributed by atoms with Crippen LogP contribution in [0.5, 0.6) is 0 Å². The lowest BCUT2D eigenvalue weighted by molar-refractivity contribution is -0.384. The Balaban J connectivity index is 2.08. The Morgan fingerprint density at radius 2 is 1.70 bits per heavy atom. The van der Waals surface area contributed by atoms with E-state index in [0.29, 0.717) is 5.56 Å². The number of nitro groups is 1. The largest absolute Gasteiger partial charge is 0.294 e. The van der Waals surface area contributed by atoms with Crippen molar-refractivity contribution < 1.29 is 9.72 Å². The fourth-order valence-corrected chi connectivity index (χ4v) is 2.21. The molecule has 2 aromatic rings. The summed E-state index contributed by atoms with van der Waals surface area (Å²) in [5.41, 5.74) is 1.46. The van der Waals surface area contributed by atoms with E-state index in [1.807, 2.05) is 18.4 Å². The minimum atomic E-state index is -0.452. The van der Waals surface area contributed by atoms with Crippen LogP contribution in [0.25, 0.3) is 0 Å². The van der Waals surface area contributed by atoms with E-state index < -0.39 is 4.92 Å². The van der Waals surface area contributed by atoms with Crippen molar-refractivity contribution in [2.24, 2.45) is 0 Å². The molecule has 0 amide bonds. The third kappa shape index (κ3) is 3.45. The van der Waals surface area contributed by atoms with Gasteiger partial charge in [0, 0.05) is 29.0 Å². The van der Waals surface area contributed by atoms with Crippen LogP contribution >= 0.6 is 11.8 Å². The molecule has 0 aliphatic carbocycles. The third-order valence-electron chi connectivity index (χ3n) is 2.92. The van der Waals surface area contributed by atoms with Gasteiger partial charge in [0.2, 0.25) is 0 Å². The molecule has 0 aromatic heterocycles. The third-order valence-corrected chi connectivity index (χ3v) is 3.67. The van der Waals surface area contributed by atoms with Crippen molar-refractivity contribution in [3.05, 3.63) is 69.8 Å². The molecule has 2 rings (SSSR count). The predicted molar refractivity (Wildman–Crippen MR) is 79.4 cm³/mol. The quantitative estimate of drug-likeness (QED) is 0.364. The van der Waals surface area contributed by atoms with Crippen LogP contribution in [0.1, 0.15) is 15.9 Å². The number of non-ortho nitro benzene ring substituents is 1. The van der Waals surface area contributed by atoms with Crippen LogP contribution in [-0.2, 0) is 6.42 Å². The molecule has 0 N–H and O–H groups in total. The summed E-state index contributed by atoms with van der Waals surface area (Å²) in [5.74, 6) is 0.00602. The normalized spacial score (nSPS) is 10.2. The number of thioether (sulfide) groups is 1. The second-order valence-electron chi connectivity index (χ2n) is 4.25. The van der Waals surface area contributed by atoms with Crippen molar-refractivity contribution in [3.8, 4) is 0 Å². The van der Waals surface area contributed by atoms with Gasteiger partial charge in [0.05, 0.1) is 4.92 Å². The Labute approximate surface area is 121 Å². The Hall–Kier alpha value is -2.14. The van der Waals surface area contributed by atoms with Gasteiger partial charge < -0.3 is 0 Å². The highest BCUT2D eigenvalue weighted by Gasteiger charge is 2.09. The molecule has 4 nitrogen and oxygen atoms in total. The maximum atomic E-state index is 12.1. The number of Topliss-reactive ketones (excluding diaryl/α,β-unsaturated/α-hetero) is 1. The van der Waals surface area contributed by atoms with Crippen molar-refractivity contribution in [1.82, 2.24) is 0 Å². The van der Waals surface area contributed by atoms with E-state index in [-0.39, 0.29) is 17.9 Å². The van der Waals surface area contributed by atoms with Gasteiger partial charge in [0.25, 0.3) is 5.69 Å². The van der Waals surface area contributed by atoms with E-state index in [1.165, 1.54) is 12.1 Å². The minimum absolute atomic E-state index is 0.00602. The number of carbonyl (C=O) groups excluding carboxylic acids is 1. The molecule has 0 atom stereocenters. The SMILES string of the molecule is CSc1ccc(C(=O)Cc2ccc([N+](=O)[O-])cc2)cc1. The first kappa shape index (κ1) is 14.3. The molecule has 102 valence electrons. The Morgan fingerprint density at radius 3 is 2.20 bits per heavy atom. The summed E-state index contributed by atoms with van der Waals surface area (Å²) in [6.07, 6.45) is 2.23. The van der Waals surface area contributed by atoms with E-state index in [0.717, 1.165) is 10.5 Å². The fourth-order valence-electron chi connectivity index (χ4n) is 1.80. The number of carbonyl (C=O) groups is 1. The number of benzene rings is 2. The van der Waals surface area contributed by atoms with E-state index in [1.54, 1.807) is 36.0 Å². The van der Waals surface area contributed by atoms with Gasteiger partial charge in [0.1, 0.15) is 0 Å². The lowest BCUT2D eigenvalue weighted by atomic mass is 10.0. The number of nitro benzene ring substituents is 1. The molecular weight excluding hydrogens is 274 g/mol. The maximum Gasteiger partial charge on any atom is 0.269 e. The monoisotopic (exact) mass is 287 g/mol. The average Bonchev–Trinajstić information content (AvgIpc) is 2.48. The van der Waals surface area contributed by atoms with Gasteiger partial charge in [-0.2, -0.15) is 0 Å². The van der Waals surface area contributed by atoms with E-state index in [9.17, 15) is 14.9 Å². The Bertz CT molecular complexity index is 621. The molecule has 2 aromatic carbocycles. The van der Waals surface area contributed by atoms with E-state index >= 15 is 0 Å². The van der Waals surface area contributed by atoms with Crippen molar-refractivity contribution in [2.75, 3.05) is 6.26 Å². The first-order valence-corrected chi connectivity index (χ1v) is 7.23. The lowest BCUT2D eigenvalue weighted by Gasteiger charge is -2.03. The summed E-state index contributed by atoms with van der Waals surface area (Å²) in [6, 6.07) is 13.5. The zero-order valence-corrected chi connectivity index (χ0v) is 11.7. The van der Waals surface area contributed by atoms with Crippen LogP contribution in [0, 0.1) is 10.1 Å². The first-order valence-electron chi connectivity index (χ1n) is 6.01. The Morgan fingerprint density at radius 1 is 1.10 bits per heavy atom. The van der Waals surface area contributed by atoms with Crippen molar-refractivity contribution in [2.45, 2.75) is 11.3 Å². The summed E-state index contributed by atoms with van der Waals surface area (Å²) >= 11 is 1.62.